The third-order valence-corrected chi connectivity index (χ3v) is 8.25. The molecule has 2 aliphatic rings. The second kappa shape index (κ2) is 18.6. The van der Waals surface area contributed by atoms with Crippen molar-refractivity contribution in [1.82, 2.24) is 9.80 Å². The summed E-state index contributed by atoms with van der Waals surface area (Å²) in [4.78, 5) is 15.1. The summed E-state index contributed by atoms with van der Waals surface area (Å²) in [6.45, 7) is 13.1. The molecule has 4 heteroatoms. The minimum absolute atomic E-state index is 0.502. The first-order valence-corrected chi connectivity index (χ1v) is 14.8. The Morgan fingerprint density at radius 2 is 1.89 bits per heavy atom. The third-order valence-electron chi connectivity index (χ3n) is 8.25. The van der Waals surface area contributed by atoms with Crippen LogP contribution in [-0.4, -0.2) is 62.5 Å². The van der Waals surface area contributed by atoms with E-state index in [1.807, 2.05) is 7.11 Å². The zero-order valence-corrected chi connectivity index (χ0v) is 24.1. The number of rotatable bonds is 14. The van der Waals surface area contributed by atoms with Gasteiger partial charge in [0.2, 0.25) is 0 Å². The molecule has 1 atom stereocenters. The van der Waals surface area contributed by atoms with Crippen LogP contribution < -0.4 is 0 Å². The number of methoxy groups -OCH3 is 1. The van der Waals surface area contributed by atoms with Gasteiger partial charge in [-0.1, -0.05) is 63.4 Å². The predicted molar refractivity (Wildman–Crippen MR) is 156 cm³/mol. The van der Waals surface area contributed by atoms with Crippen LogP contribution in [0.25, 0.3) is 0 Å². The van der Waals surface area contributed by atoms with Crippen LogP contribution in [-0.2, 0) is 16.1 Å². The van der Waals surface area contributed by atoms with E-state index in [0.29, 0.717) is 17.8 Å². The Balaban J connectivity index is 0.000000604. The van der Waals surface area contributed by atoms with Gasteiger partial charge in [-0.3, -0.25) is 4.90 Å². The molecule has 1 saturated heterocycles. The van der Waals surface area contributed by atoms with Crippen molar-refractivity contribution in [3.63, 3.8) is 0 Å². The molecule has 208 valence electrons. The second-order valence-corrected chi connectivity index (χ2v) is 11.9. The SMILES string of the molecule is C#CCCCC=O.COCC(C)CN(CCC1(C)CCN(CC2CCCCC2)CC1)Cc1ccccc1. The number of likely N-dealkylation sites (tertiary alicyclic amines) is 1. The molecule has 0 aromatic heterocycles. The molecule has 1 saturated carbocycles. The summed E-state index contributed by atoms with van der Waals surface area (Å²) in [5.41, 5.74) is 1.93. The first kappa shape index (κ1) is 31.5. The molecule has 0 radical (unpaired) electrons. The van der Waals surface area contributed by atoms with E-state index in [1.54, 1.807) is 0 Å². The van der Waals surface area contributed by atoms with Crippen molar-refractivity contribution in [2.45, 2.75) is 91.0 Å². The lowest BCUT2D eigenvalue weighted by molar-refractivity contribution is -0.107. The molecule has 0 N–H and O–H groups in total. The zero-order chi connectivity index (χ0) is 26.8. The molecule has 1 aromatic carbocycles. The summed E-state index contributed by atoms with van der Waals surface area (Å²) >= 11 is 0. The van der Waals surface area contributed by atoms with Crippen LogP contribution in [0.3, 0.4) is 0 Å². The van der Waals surface area contributed by atoms with Gasteiger partial charge in [-0.15, -0.1) is 12.3 Å². The van der Waals surface area contributed by atoms with Gasteiger partial charge in [-0.05, 0) is 81.0 Å². The van der Waals surface area contributed by atoms with Gasteiger partial charge in [0, 0.05) is 46.2 Å². The number of carbonyl (C=O) groups excluding carboxylic acids is 1. The summed E-state index contributed by atoms with van der Waals surface area (Å²) in [7, 11) is 1.82. The predicted octanol–water partition coefficient (Wildman–Crippen LogP) is 6.83. The molecule has 0 bridgehead atoms. The number of nitrogens with zero attached hydrogens (tertiary/aromatic N) is 2. The van der Waals surface area contributed by atoms with Crippen LogP contribution in [0.15, 0.2) is 30.3 Å². The second-order valence-electron chi connectivity index (χ2n) is 11.9. The summed E-state index contributed by atoms with van der Waals surface area (Å²) < 4.78 is 5.41. The van der Waals surface area contributed by atoms with E-state index in [2.05, 4.69) is 59.9 Å². The van der Waals surface area contributed by atoms with E-state index in [0.717, 1.165) is 44.7 Å². The fourth-order valence-corrected chi connectivity index (χ4v) is 5.83. The number of aldehydes is 1. The van der Waals surface area contributed by atoms with Crippen molar-refractivity contribution in [3.8, 4) is 12.3 Å². The number of benzene rings is 1. The van der Waals surface area contributed by atoms with Gasteiger partial charge in [0.05, 0.1) is 0 Å². The number of unbranched alkanes of at least 4 members (excludes halogenated alkanes) is 2. The fourth-order valence-electron chi connectivity index (χ4n) is 5.83. The molecule has 4 nitrogen and oxygen atoms in total. The Bertz CT molecular complexity index is 745. The number of carbonyl (C=O) groups is 1. The van der Waals surface area contributed by atoms with E-state index in [1.165, 1.54) is 83.1 Å². The maximum Gasteiger partial charge on any atom is 0.120 e. The topological polar surface area (TPSA) is 32.8 Å². The first-order chi connectivity index (χ1) is 18.0. The molecule has 1 aromatic rings. The van der Waals surface area contributed by atoms with Crippen LogP contribution in [0.4, 0.5) is 0 Å². The van der Waals surface area contributed by atoms with E-state index < -0.39 is 0 Å². The van der Waals surface area contributed by atoms with E-state index >= 15 is 0 Å². The minimum atomic E-state index is 0.502. The van der Waals surface area contributed by atoms with Crippen LogP contribution in [0.5, 0.6) is 0 Å². The lowest BCUT2D eigenvalue weighted by Crippen LogP contribution is -2.42. The Labute approximate surface area is 228 Å². The van der Waals surface area contributed by atoms with Crippen molar-refractivity contribution >= 4 is 6.29 Å². The molecule has 0 spiro atoms. The molecule has 0 amide bonds. The highest BCUT2D eigenvalue weighted by molar-refractivity contribution is 5.49. The molecule has 1 aliphatic carbocycles. The molecular weight excluding hydrogens is 456 g/mol. The Morgan fingerprint density at radius 3 is 2.51 bits per heavy atom. The van der Waals surface area contributed by atoms with Crippen molar-refractivity contribution < 1.29 is 9.53 Å². The molecule has 1 unspecified atom stereocenters. The maximum absolute atomic E-state index is 9.61. The number of ether oxygens (including phenoxy) is 1. The first-order valence-electron chi connectivity index (χ1n) is 14.8. The normalized spacial score (nSPS) is 19.0. The van der Waals surface area contributed by atoms with Gasteiger partial charge in [-0.25, -0.2) is 0 Å². The Hall–Kier alpha value is -1.67. The number of piperidine rings is 1. The van der Waals surface area contributed by atoms with E-state index in [-0.39, 0.29) is 0 Å². The van der Waals surface area contributed by atoms with Crippen LogP contribution in [0, 0.1) is 29.6 Å². The quantitative estimate of drug-likeness (QED) is 0.156. The van der Waals surface area contributed by atoms with E-state index in [4.69, 9.17) is 11.2 Å². The summed E-state index contributed by atoms with van der Waals surface area (Å²) in [6.07, 6.45) is 19.3. The van der Waals surface area contributed by atoms with Gasteiger partial charge < -0.3 is 14.4 Å². The van der Waals surface area contributed by atoms with Crippen molar-refractivity contribution in [2.24, 2.45) is 17.3 Å². The lowest BCUT2D eigenvalue weighted by atomic mass is 9.77. The highest BCUT2D eigenvalue weighted by Gasteiger charge is 2.31. The smallest absolute Gasteiger partial charge is 0.120 e. The van der Waals surface area contributed by atoms with Crippen molar-refractivity contribution in [3.05, 3.63) is 35.9 Å². The number of hydrogen-bond donors (Lipinski definition) is 0. The minimum Gasteiger partial charge on any atom is -0.384 e. The Kier molecular flexibility index (Phi) is 15.8. The van der Waals surface area contributed by atoms with Gasteiger partial charge in [-0.2, -0.15) is 0 Å². The fraction of sp³-hybridized carbons (Fsp3) is 0.727. The van der Waals surface area contributed by atoms with Gasteiger partial charge in [0.15, 0.2) is 0 Å². The van der Waals surface area contributed by atoms with E-state index in [9.17, 15) is 4.79 Å². The van der Waals surface area contributed by atoms with Crippen molar-refractivity contribution in [1.29, 1.82) is 0 Å². The average Bonchev–Trinajstić information content (AvgIpc) is 2.91. The average molecular weight is 511 g/mol. The lowest BCUT2D eigenvalue weighted by Gasteiger charge is -2.42. The van der Waals surface area contributed by atoms with Gasteiger partial charge >= 0.3 is 0 Å². The number of terminal acetylenes is 1. The molecular formula is C33H54N2O2. The van der Waals surface area contributed by atoms with Crippen LogP contribution in [0.2, 0.25) is 0 Å². The monoisotopic (exact) mass is 510 g/mol. The summed E-state index contributed by atoms with van der Waals surface area (Å²) in [5.74, 6) is 4.00. The number of hydrogen-bond acceptors (Lipinski definition) is 4. The van der Waals surface area contributed by atoms with Gasteiger partial charge in [0.25, 0.3) is 0 Å². The van der Waals surface area contributed by atoms with Crippen LogP contribution >= 0.6 is 0 Å². The molecule has 2 fully saturated rings. The van der Waals surface area contributed by atoms with Gasteiger partial charge in [0.1, 0.15) is 6.29 Å². The standard InChI is InChI=1S/C27H46N2O.C6H8O/c1-24(23-30-3)20-29(22-26-12-8-5-9-13-26)19-16-27(2)14-17-28(18-15-27)21-25-10-6-4-7-11-25;1-2-3-4-5-6-7/h5,8-9,12-13,24-25H,4,6-7,10-11,14-23H2,1-3H3;1,6H,3-5H2. The maximum atomic E-state index is 9.61. The largest absolute Gasteiger partial charge is 0.384 e. The highest BCUT2D eigenvalue weighted by atomic mass is 16.5. The summed E-state index contributed by atoms with van der Waals surface area (Å²) in [5, 5.41) is 0. The summed E-state index contributed by atoms with van der Waals surface area (Å²) in [6, 6.07) is 11.0. The zero-order valence-electron chi connectivity index (χ0n) is 24.1. The third kappa shape index (κ3) is 13.6. The molecule has 37 heavy (non-hydrogen) atoms. The van der Waals surface area contributed by atoms with Crippen LogP contribution in [0.1, 0.15) is 90.0 Å². The molecule has 1 aliphatic heterocycles. The highest BCUT2D eigenvalue weighted by Crippen LogP contribution is 2.36. The van der Waals surface area contributed by atoms with Crippen molar-refractivity contribution in [2.75, 3.05) is 46.4 Å². The molecule has 3 rings (SSSR count). The molecule has 1 heterocycles. The Morgan fingerprint density at radius 1 is 1.19 bits per heavy atom.